The average molecular weight is 200 g/mol. The highest BCUT2D eigenvalue weighted by Gasteiger charge is 2.03. The van der Waals surface area contributed by atoms with Crippen molar-refractivity contribution in [3.63, 3.8) is 0 Å². The first-order valence-corrected chi connectivity index (χ1v) is 5.28. The van der Waals surface area contributed by atoms with Crippen LogP contribution in [0.1, 0.15) is 25.5 Å². The molecule has 78 valence electrons. The molecule has 15 heavy (non-hydrogen) atoms. The van der Waals surface area contributed by atoms with Gasteiger partial charge >= 0.3 is 0 Å². The topological polar surface area (TPSA) is 17.8 Å². The third-order valence-electron chi connectivity index (χ3n) is 2.48. The molecule has 0 amide bonds. The fourth-order valence-corrected chi connectivity index (χ4v) is 1.59. The van der Waals surface area contributed by atoms with E-state index in [1.165, 1.54) is 16.7 Å². The van der Waals surface area contributed by atoms with Crippen molar-refractivity contribution in [2.45, 2.75) is 26.8 Å². The van der Waals surface area contributed by atoms with Gasteiger partial charge in [0.05, 0.1) is 6.20 Å². The van der Waals surface area contributed by atoms with Gasteiger partial charge in [-0.1, -0.05) is 29.8 Å². The Hall–Kier alpha value is -1.57. The van der Waals surface area contributed by atoms with Crippen LogP contribution >= 0.6 is 0 Å². The molecule has 1 aromatic carbocycles. The Bertz CT molecular complexity index is 455. The van der Waals surface area contributed by atoms with E-state index in [0.717, 1.165) is 0 Å². The van der Waals surface area contributed by atoms with Gasteiger partial charge in [-0.2, -0.15) is 5.10 Å². The van der Waals surface area contributed by atoms with Gasteiger partial charge in [-0.05, 0) is 26.3 Å². The highest BCUT2D eigenvalue weighted by molar-refractivity contribution is 5.62. The summed E-state index contributed by atoms with van der Waals surface area (Å²) in [7, 11) is 0. The largest absolute Gasteiger partial charge is 0.270 e. The molecule has 0 N–H and O–H groups in total. The Balaban J connectivity index is 2.37. The summed E-state index contributed by atoms with van der Waals surface area (Å²) >= 11 is 0. The SMILES string of the molecule is Cc1cccc(-c2cnn(C(C)C)c2)c1. The molecule has 0 aliphatic carbocycles. The maximum Gasteiger partial charge on any atom is 0.0568 e. The molecule has 0 aliphatic rings. The zero-order chi connectivity index (χ0) is 10.8. The molecular weight excluding hydrogens is 184 g/mol. The lowest BCUT2D eigenvalue weighted by Crippen LogP contribution is -1.99. The summed E-state index contributed by atoms with van der Waals surface area (Å²) in [5, 5.41) is 4.34. The molecule has 0 atom stereocenters. The second kappa shape index (κ2) is 3.89. The van der Waals surface area contributed by atoms with Crippen LogP contribution in [0.2, 0.25) is 0 Å². The number of hydrogen-bond acceptors (Lipinski definition) is 1. The maximum atomic E-state index is 4.34. The lowest BCUT2D eigenvalue weighted by molar-refractivity contribution is 0.532. The fourth-order valence-electron chi connectivity index (χ4n) is 1.59. The van der Waals surface area contributed by atoms with Crippen LogP contribution in [-0.2, 0) is 0 Å². The molecular formula is C13H16N2. The standard InChI is InChI=1S/C13H16N2/c1-10(2)15-9-13(8-14-15)12-6-4-5-11(3)7-12/h4-10H,1-3H3. The smallest absolute Gasteiger partial charge is 0.0568 e. The molecule has 0 radical (unpaired) electrons. The van der Waals surface area contributed by atoms with E-state index in [2.05, 4.69) is 56.3 Å². The predicted molar refractivity (Wildman–Crippen MR) is 62.8 cm³/mol. The number of rotatable bonds is 2. The van der Waals surface area contributed by atoms with Crippen LogP contribution in [-0.4, -0.2) is 9.78 Å². The van der Waals surface area contributed by atoms with Crippen molar-refractivity contribution < 1.29 is 0 Å². The van der Waals surface area contributed by atoms with Crippen molar-refractivity contribution in [3.05, 3.63) is 42.2 Å². The number of aromatic nitrogens is 2. The van der Waals surface area contributed by atoms with Gasteiger partial charge < -0.3 is 0 Å². The first-order valence-electron chi connectivity index (χ1n) is 5.28. The number of aryl methyl sites for hydroxylation is 1. The molecule has 2 aromatic rings. The van der Waals surface area contributed by atoms with E-state index in [4.69, 9.17) is 0 Å². The van der Waals surface area contributed by atoms with Gasteiger partial charge in [-0.25, -0.2) is 0 Å². The van der Waals surface area contributed by atoms with Gasteiger partial charge in [0.25, 0.3) is 0 Å². The summed E-state index contributed by atoms with van der Waals surface area (Å²) in [6.07, 6.45) is 4.02. The summed E-state index contributed by atoms with van der Waals surface area (Å²) in [4.78, 5) is 0. The minimum absolute atomic E-state index is 0.420. The average Bonchev–Trinajstić information content (AvgIpc) is 2.66. The Morgan fingerprint density at radius 3 is 2.60 bits per heavy atom. The zero-order valence-corrected chi connectivity index (χ0v) is 9.44. The van der Waals surface area contributed by atoms with Gasteiger partial charge in [0.15, 0.2) is 0 Å². The van der Waals surface area contributed by atoms with Crippen LogP contribution in [0.5, 0.6) is 0 Å². The second-order valence-electron chi connectivity index (χ2n) is 4.17. The molecule has 0 fully saturated rings. The van der Waals surface area contributed by atoms with Crippen molar-refractivity contribution in [2.75, 3.05) is 0 Å². The summed E-state index contributed by atoms with van der Waals surface area (Å²) in [5.41, 5.74) is 3.71. The van der Waals surface area contributed by atoms with Gasteiger partial charge in [0.1, 0.15) is 0 Å². The van der Waals surface area contributed by atoms with Crippen LogP contribution < -0.4 is 0 Å². The van der Waals surface area contributed by atoms with E-state index in [9.17, 15) is 0 Å². The molecule has 2 rings (SSSR count). The third-order valence-corrected chi connectivity index (χ3v) is 2.48. The van der Waals surface area contributed by atoms with Gasteiger partial charge in [-0.15, -0.1) is 0 Å². The van der Waals surface area contributed by atoms with Crippen molar-refractivity contribution in [1.29, 1.82) is 0 Å². The van der Waals surface area contributed by atoms with Crippen LogP contribution in [0.15, 0.2) is 36.7 Å². The quantitative estimate of drug-likeness (QED) is 0.726. The first kappa shape index (κ1) is 9.97. The van der Waals surface area contributed by atoms with Gasteiger partial charge in [0.2, 0.25) is 0 Å². The minimum atomic E-state index is 0.420. The Labute approximate surface area is 90.6 Å². The summed E-state index contributed by atoms with van der Waals surface area (Å²) < 4.78 is 1.98. The molecule has 0 aliphatic heterocycles. The fraction of sp³-hybridized carbons (Fsp3) is 0.308. The molecule has 0 saturated carbocycles. The van der Waals surface area contributed by atoms with Crippen molar-refractivity contribution in [3.8, 4) is 11.1 Å². The first-order chi connectivity index (χ1) is 7.16. The highest BCUT2D eigenvalue weighted by atomic mass is 15.3. The lowest BCUT2D eigenvalue weighted by atomic mass is 10.1. The van der Waals surface area contributed by atoms with E-state index in [0.29, 0.717) is 6.04 Å². The normalized spacial score (nSPS) is 10.9. The summed E-state index contributed by atoms with van der Waals surface area (Å²) in [6, 6.07) is 8.91. The number of benzene rings is 1. The van der Waals surface area contributed by atoms with E-state index in [1.807, 2.05) is 10.9 Å². The van der Waals surface area contributed by atoms with Crippen molar-refractivity contribution in [1.82, 2.24) is 9.78 Å². The molecule has 0 saturated heterocycles. The van der Waals surface area contributed by atoms with Gasteiger partial charge in [-0.3, -0.25) is 4.68 Å². The molecule has 0 spiro atoms. The zero-order valence-electron chi connectivity index (χ0n) is 9.44. The Morgan fingerprint density at radius 1 is 1.20 bits per heavy atom. The van der Waals surface area contributed by atoms with E-state index < -0.39 is 0 Å². The van der Waals surface area contributed by atoms with Crippen LogP contribution in [0.4, 0.5) is 0 Å². The monoisotopic (exact) mass is 200 g/mol. The highest BCUT2D eigenvalue weighted by Crippen LogP contribution is 2.20. The molecule has 0 bridgehead atoms. The van der Waals surface area contributed by atoms with Crippen LogP contribution in [0.3, 0.4) is 0 Å². The summed E-state index contributed by atoms with van der Waals surface area (Å²) in [5.74, 6) is 0. The van der Waals surface area contributed by atoms with Crippen LogP contribution in [0.25, 0.3) is 11.1 Å². The Kier molecular flexibility index (Phi) is 2.58. The number of hydrogen-bond donors (Lipinski definition) is 0. The molecule has 1 aromatic heterocycles. The molecule has 2 nitrogen and oxygen atoms in total. The third kappa shape index (κ3) is 2.09. The number of nitrogens with zero attached hydrogens (tertiary/aromatic N) is 2. The van der Waals surface area contributed by atoms with Crippen molar-refractivity contribution in [2.24, 2.45) is 0 Å². The molecule has 0 unspecified atom stereocenters. The lowest BCUT2D eigenvalue weighted by Gasteiger charge is -2.03. The minimum Gasteiger partial charge on any atom is -0.270 e. The molecule has 1 heterocycles. The van der Waals surface area contributed by atoms with Crippen molar-refractivity contribution >= 4 is 0 Å². The maximum absolute atomic E-state index is 4.34. The molecule has 2 heteroatoms. The van der Waals surface area contributed by atoms with E-state index in [1.54, 1.807) is 0 Å². The van der Waals surface area contributed by atoms with Gasteiger partial charge in [0, 0.05) is 17.8 Å². The predicted octanol–water partition coefficient (Wildman–Crippen LogP) is 3.44. The second-order valence-corrected chi connectivity index (χ2v) is 4.17. The Morgan fingerprint density at radius 2 is 2.00 bits per heavy atom. The van der Waals surface area contributed by atoms with E-state index >= 15 is 0 Å². The summed E-state index contributed by atoms with van der Waals surface area (Å²) in [6.45, 7) is 6.37. The van der Waals surface area contributed by atoms with Crippen LogP contribution in [0, 0.1) is 6.92 Å². The van der Waals surface area contributed by atoms with E-state index in [-0.39, 0.29) is 0 Å².